The number of fused-ring (bicyclic) bond motifs is 5. The first-order chi connectivity index (χ1) is 48.1. The molecule has 1 saturated heterocycles. The molecule has 0 spiro atoms. The van der Waals surface area contributed by atoms with Crippen LogP contribution in [0.4, 0.5) is 8.78 Å². The van der Waals surface area contributed by atoms with E-state index in [0.29, 0.717) is 94.2 Å². The number of carboxylic acids is 1. The van der Waals surface area contributed by atoms with Gasteiger partial charge in [-0.15, -0.1) is 0 Å². The molecule has 0 aliphatic carbocycles. The molecule has 2 aliphatic heterocycles. The summed E-state index contributed by atoms with van der Waals surface area (Å²) < 4.78 is 35.3. The highest BCUT2D eigenvalue weighted by molar-refractivity contribution is 7.98. The molecular weight excluding hydrogens is 1330 g/mol. The molecule has 30 heteroatoms. The number of H-pyrrole nitrogens is 3. The summed E-state index contributed by atoms with van der Waals surface area (Å²) in [5.74, 6) is -7.56. The van der Waals surface area contributed by atoms with Crippen molar-refractivity contribution in [3.05, 3.63) is 155 Å². The van der Waals surface area contributed by atoms with Gasteiger partial charge in [-0.2, -0.15) is 23.5 Å². The van der Waals surface area contributed by atoms with Gasteiger partial charge >= 0.3 is 5.97 Å². The second-order valence-corrected chi connectivity index (χ2v) is 27.3. The number of thioether (sulfide) groups is 2. The van der Waals surface area contributed by atoms with Crippen molar-refractivity contribution in [2.24, 2.45) is 5.73 Å². The number of carbonyl (C=O) groups excluding carboxylic acids is 9. The number of aromatic amines is 3. The SMILES string of the molecule is COc1ccc(C[C@@H]2NC(=O)[C@H](Cc3cnc[nH]3)NC(=O)[C@H](CC(=O)O)NC(=O)[C@H](Cc3c[nH]c4ccc(F)cc34)NC(=O)[C@H](Cc3c[nH]c4ccc(F)cc34)NC(=O)[C@@H](C)NC(=O)[C@H](CCCCN)NC(=O)CCSCc3cccc(c3)CSCCNC(=O)[C@]3(C)CCCN3C2=O)cc1. The molecule has 14 N–H and O–H groups in total. The fourth-order valence-corrected chi connectivity index (χ4v) is 13.9. The number of halogens is 2. The fraction of sp³-hybridized carbons (Fsp3) is 0.414. The van der Waals surface area contributed by atoms with Gasteiger partial charge in [-0.25, -0.2) is 13.8 Å². The zero-order chi connectivity index (χ0) is 71.5. The third-order valence-corrected chi connectivity index (χ3v) is 19.8. The number of methoxy groups -OCH3 is 1. The molecule has 2 aliphatic rings. The quantitative estimate of drug-likeness (QED) is 0.0645. The molecule has 9 rings (SSSR count). The molecular formula is C70H84F2N14O12S2. The zero-order valence-corrected chi connectivity index (χ0v) is 57.3. The van der Waals surface area contributed by atoms with Gasteiger partial charge in [0, 0.05) is 114 Å². The van der Waals surface area contributed by atoms with Gasteiger partial charge < -0.3 is 78.0 Å². The maximum atomic E-state index is 15.2. The summed E-state index contributed by atoms with van der Waals surface area (Å²) in [6.07, 6.45) is 5.27. The lowest BCUT2D eigenvalue weighted by Gasteiger charge is -2.36. The van der Waals surface area contributed by atoms with Crippen molar-refractivity contribution in [3.63, 3.8) is 0 Å². The van der Waals surface area contributed by atoms with Gasteiger partial charge in [-0.05, 0) is 129 Å². The lowest BCUT2D eigenvalue weighted by atomic mass is 9.95. The number of hydrogen-bond acceptors (Lipinski definition) is 15. The monoisotopic (exact) mass is 1410 g/mol. The Balaban J connectivity index is 1.05. The summed E-state index contributed by atoms with van der Waals surface area (Å²) in [6, 6.07) is 11.6. The van der Waals surface area contributed by atoms with Crippen molar-refractivity contribution < 1.29 is 66.6 Å². The van der Waals surface area contributed by atoms with Crippen LogP contribution >= 0.6 is 23.5 Å². The predicted octanol–water partition coefficient (Wildman–Crippen LogP) is 4.01. The van der Waals surface area contributed by atoms with E-state index in [1.807, 2.05) is 18.2 Å². The Kier molecular flexibility index (Phi) is 26.3. The molecule has 3 aromatic heterocycles. The van der Waals surface area contributed by atoms with E-state index < -0.39 is 131 Å². The smallest absolute Gasteiger partial charge is 0.305 e. The van der Waals surface area contributed by atoms with Gasteiger partial charge in [0.2, 0.25) is 53.2 Å². The largest absolute Gasteiger partial charge is 0.497 e. The number of nitrogens with one attached hydrogen (secondary N) is 11. The first kappa shape index (κ1) is 74.4. The van der Waals surface area contributed by atoms with E-state index in [9.17, 15) is 42.7 Å². The molecule has 2 bridgehead atoms. The van der Waals surface area contributed by atoms with Crippen molar-refractivity contribution in [1.82, 2.24) is 67.4 Å². The normalized spacial score (nSPS) is 22.8. The highest BCUT2D eigenvalue weighted by Crippen LogP contribution is 2.31. The van der Waals surface area contributed by atoms with Crippen LogP contribution in [0.2, 0.25) is 0 Å². The molecule has 100 heavy (non-hydrogen) atoms. The van der Waals surface area contributed by atoms with E-state index in [0.717, 1.165) is 11.1 Å². The van der Waals surface area contributed by atoms with Crippen LogP contribution in [-0.2, 0) is 85.1 Å². The summed E-state index contributed by atoms with van der Waals surface area (Å²) in [5, 5.41) is 32.7. The van der Waals surface area contributed by atoms with Crippen molar-refractivity contribution in [2.75, 3.05) is 38.2 Å². The number of nitrogens with two attached hydrogens (primary N) is 1. The maximum Gasteiger partial charge on any atom is 0.305 e. The van der Waals surface area contributed by atoms with E-state index in [1.165, 1.54) is 92.0 Å². The number of benzene rings is 4. The number of carboxylic acid groups (broad SMARTS) is 1. The fourth-order valence-electron chi connectivity index (χ4n) is 12.2. The van der Waals surface area contributed by atoms with Crippen LogP contribution in [0.3, 0.4) is 0 Å². The van der Waals surface area contributed by atoms with Crippen LogP contribution in [0.1, 0.15) is 92.3 Å². The molecule has 1 fully saturated rings. The number of amides is 9. The average Bonchev–Trinajstić information content (AvgIpc) is 1.62. The molecule has 0 unspecified atom stereocenters. The highest BCUT2D eigenvalue weighted by atomic mass is 32.2. The third kappa shape index (κ3) is 20.2. The van der Waals surface area contributed by atoms with E-state index >= 15 is 19.2 Å². The zero-order valence-electron chi connectivity index (χ0n) is 55.6. The van der Waals surface area contributed by atoms with Crippen LogP contribution in [0.15, 0.2) is 110 Å². The van der Waals surface area contributed by atoms with Gasteiger partial charge in [-0.1, -0.05) is 36.4 Å². The van der Waals surface area contributed by atoms with Crippen LogP contribution in [0.25, 0.3) is 21.8 Å². The number of rotatable bonds is 15. The third-order valence-electron chi connectivity index (χ3n) is 17.7. The van der Waals surface area contributed by atoms with Crippen LogP contribution in [0.5, 0.6) is 5.75 Å². The molecule has 0 radical (unpaired) electrons. The Labute approximate surface area is 584 Å². The first-order valence-corrected chi connectivity index (χ1v) is 35.4. The van der Waals surface area contributed by atoms with Crippen molar-refractivity contribution in [3.8, 4) is 5.75 Å². The number of aliphatic carboxylic acids is 1. The molecule has 5 heterocycles. The van der Waals surface area contributed by atoms with E-state index in [-0.39, 0.29) is 56.1 Å². The number of unbranched alkanes of at least 4 members (excludes halogenated alkanes) is 1. The van der Waals surface area contributed by atoms with Crippen LogP contribution in [-0.4, -0.2) is 175 Å². The number of aromatic nitrogens is 4. The van der Waals surface area contributed by atoms with E-state index in [1.54, 1.807) is 43.0 Å². The number of imidazole rings is 1. The number of carbonyl (C=O) groups is 10. The summed E-state index contributed by atoms with van der Waals surface area (Å²) in [5.41, 5.74) is 8.89. The number of hydrogen-bond donors (Lipinski definition) is 13. The Hall–Kier alpha value is -9.81. The number of nitrogens with zero attached hydrogens (tertiary/aromatic N) is 2. The molecule has 9 amide bonds. The standard InChI is InChI=1S/C70H84F2N14O12S2/c1-40-62(90)81-55(28-44-34-76-52-17-13-46(71)30-50(44)52)64(92)82-56(29-45-35-77-53-18-14-47(72)31-51(45)53)65(93)84-58(33-61(88)89)67(95)83-57(32-48-36-74-39-78-48)66(94)85-59(27-41-11-15-49(98-3)16-12-41)68(96)86-23-7-20-70(86,2)69(97)75-22-25-100-38-43-9-6-8-42(26-43)37-99-24-19-60(87)80-54(63(91)79-40)10-4-5-21-73/h6,8-9,11-18,26,30-31,34-36,39-40,54-59,76-77H,4-5,7,10,19-25,27-29,32-33,37-38,73H2,1-3H3,(H,74,78)(H,75,97)(H,79,91)(H,80,87)(H,81,90)(H,82,92)(H,83,95)(H,84,93)(H,85,94)(H,88,89)/t40-,54+,55+,56+,57+,58+,59+,70+/m1/s1. The second kappa shape index (κ2) is 35.3. The summed E-state index contributed by atoms with van der Waals surface area (Å²) in [4.78, 5) is 159. The Morgan fingerprint density at radius 2 is 1.23 bits per heavy atom. The Morgan fingerprint density at radius 3 is 1.82 bits per heavy atom. The first-order valence-electron chi connectivity index (χ1n) is 33.1. The van der Waals surface area contributed by atoms with Gasteiger partial charge in [0.15, 0.2) is 0 Å². The van der Waals surface area contributed by atoms with Gasteiger partial charge in [-0.3, -0.25) is 47.9 Å². The second-order valence-electron chi connectivity index (χ2n) is 25.1. The highest BCUT2D eigenvalue weighted by Gasteiger charge is 2.48. The van der Waals surface area contributed by atoms with Crippen molar-refractivity contribution in [2.45, 2.75) is 144 Å². The minimum atomic E-state index is -2.00. The van der Waals surface area contributed by atoms with Gasteiger partial charge in [0.05, 0.1) is 19.9 Å². The maximum absolute atomic E-state index is 15.2. The summed E-state index contributed by atoms with van der Waals surface area (Å²) >= 11 is 3.12. The summed E-state index contributed by atoms with van der Waals surface area (Å²) in [7, 11) is 1.49. The molecule has 4 aromatic carbocycles. The Bertz CT molecular complexity index is 4060. The van der Waals surface area contributed by atoms with E-state index in [2.05, 4.69) is 68.5 Å². The van der Waals surface area contributed by atoms with Crippen LogP contribution in [0, 0.1) is 11.6 Å². The molecule has 26 nitrogen and oxygen atoms in total. The summed E-state index contributed by atoms with van der Waals surface area (Å²) in [6.45, 7) is 3.77. The van der Waals surface area contributed by atoms with Gasteiger partial charge in [0.25, 0.3) is 0 Å². The lowest BCUT2D eigenvalue weighted by Crippen LogP contribution is -2.62. The Morgan fingerprint density at radius 1 is 0.660 bits per heavy atom. The van der Waals surface area contributed by atoms with Crippen molar-refractivity contribution >= 4 is 104 Å². The minimum Gasteiger partial charge on any atom is -0.497 e. The molecule has 0 saturated carbocycles. The molecule has 7 aromatic rings. The predicted molar refractivity (Wildman–Crippen MR) is 373 cm³/mol. The van der Waals surface area contributed by atoms with E-state index in [4.69, 9.17) is 10.5 Å². The topological polar surface area (TPSA) is 386 Å². The lowest BCUT2D eigenvalue weighted by molar-refractivity contribution is -0.146. The number of ether oxygens (including phenoxy) is 1. The van der Waals surface area contributed by atoms with Crippen molar-refractivity contribution in [1.29, 1.82) is 0 Å². The molecule has 532 valence electrons. The minimum absolute atomic E-state index is 0.0553. The van der Waals surface area contributed by atoms with Crippen LogP contribution < -0.4 is 53.0 Å². The van der Waals surface area contributed by atoms with Gasteiger partial charge in [0.1, 0.15) is 65.2 Å². The molecule has 8 atom stereocenters. The average molecular weight is 1420 g/mol.